The minimum Gasteiger partial charge on any atom is -0.490 e. The minimum atomic E-state index is -0.218. The third kappa shape index (κ3) is 2.04. The van der Waals surface area contributed by atoms with Crippen molar-refractivity contribution in [2.45, 2.75) is 45.8 Å². The number of halogens is 1. The van der Waals surface area contributed by atoms with Crippen LogP contribution in [-0.2, 0) is 0 Å². The molecule has 0 bridgehead atoms. The summed E-state index contributed by atoms with van der Waals surface area (Å²) in [5, 5.41) is 0. The Labute approximate surface area is 102 Å². The lowest BCUT2D eigenvalue weighted by molar-refractivity contribution is -0.0561. The highest BCUT2D eigenvalue weighted by molar-refractivity contribution is 5.29. The molecule has 0 radical (unpaired) electrons. The predicted octanol–water partition coefficient (Wildman–Crippen LogP) is 3.03. The van der Waals surface area contributed by atoms with Crippen LogP contribution in [0.15, 0.2) is 18.2 Å². The Bertz CT molecular complexity index is 421. The average Bonchev–Trinajstić information content (AvgIpc) is 2.32. The second-order valence-corrected chi connectivity index (χ2v) is 5.22. The smallest absolute Gasteiger partial charge is 0.129 e. The summed E-state index contributed by atoms with van der Waals surface area (Å²) in [5.41, 5.74) is 6.67. The number of benzene rings is 1. The summed E-state index contributed by atoms with van der Waals surface area (Å²) in [6.07, 6.45) is 1.93. The molecule has 2 N–H and O–H groups in total. The molecule has 0 saturated heterocycles. The van der Waals surface area contributed by atoms with E-state index in [1.807, 2.05) is 6.07 Å². The van der Waals surface area contributed by atoms with Crippen molar-refractivity contribution in [2.75, 3.05) is 0 Å². The summed E-state index contributed by atoms with van der Waals surface area (Å²) in [6, 6.07) is 5.20. The molecule has 1 aliphatic carbocycles. The van der Waals surface area contributed by atoms with Gasteiger partial charge in [-0.1, -0.05) is 19.9 Å². The fourth-order valence-electron chi connectivity index (χ4n) is 2.33. The molecule has 1 fully saturated rings. The van der Waals surface area contributed by atoms with Gasteiger partial charge >= 0.3 is 0 Å². The maximum Gasteiger partial charge on any atom is 0.129 e. The highest BCUT2D eigenvalue weighted by Crippen LogP contribution is 2.44. The van der Waals surface area contributed by atoms with Crippen molar-refractivity contribution >= 4 is 0 Å². The summed E-state index contributed by atoms with van der Waals surface area (Å²) in [4.78, 5) is 0. The number of hydrogen-bond donors (Lipinski definition) is 1. The average molecular weight is 237 g/mol. The van der Waals surface area contributed by atoms with Crippen LogP contribution in [0.1, 0.15) is 32.3 Å². The van der Waals surface area contributed by atoms with Crippen LogP contribution >= 0.6 is 0 Å². The number of hydrogen-bond acceptors (Lipinski definition) is 2. The molecule has 3 unspecified atom stereocenters. The molecule has 0 heterocycles. The molecule has 1 aromatic rings. The molecule has 94 valence electrons. The van der Waals surface area contributed by atoms with Gasteiger partial charge in [-0.05, 0) is 25.0 Å². The van der Waals surface area contributed by atoms with Crippen molar-refractivity contribution in [3.8, 4) is 5.75 Å². The second-order valence-electron chi connectivity index (χ2n) is 5.22. The second kappa shape index (κ2) is 4.30. The van der Waals surface area contributed by atoms with Gasteiger partial charge in [0.25, 0.3) is 0 Å². The summed E-state index contributed by atoms with van der Waals surface area (Å²) in [7, 11) is 0. The first-order valence-electron chi connectivity index (χ1n) is 6.15. The van der Waals surface area contributed by atoms with E-state index in [4.69, 9.17) is 10.5 Å². The Balaban J connectivity index is 2.09. The largest absolute Gasteiger partial charge is 0.490 e. The Hall–Kier alpha value is -1.09. The van der Waals surface area contributed by atoms with Crippen LogP contribution in [-0.4, -0.2) is 12.1 Å². The van der Waals surface area contributed by atoms with Gasteiger partial charge < -0.3 is 10.5 Å². The fraction of sp³-hybridized carbons (Fsp3) is 0.571. The number of aryl methyl sites for hydroxylation is 1. The van der Waals surface area contributed by atoms with Crippen LogP contribution in [0.25, 0.3) is 0 Å². The van der Waals surface area contributed by atoms with Crippen molar-refractivity contribution in [1.82, 2.24) is 0 Å². The van der Waals surface area contributed by atoms with Crippen molar-refractivity contribution < 1.29 is 9.13 Å². The molecule has 3 atom stereocenters. The zero-order chi connectivity index (χ0) is 12.6. The van der Waals surface area contributed by atoms with Gasteiger partial charge in [0.1, 0.15) is 17.7 Å². The van der Waals surface area contributed by atoms with Gasteiger partial charge in [-0.15, -0.1) is 0 Å². The Morgan fingerprint density at radius 1 is 1.53 bits per heavy atom. The van der Waals surface area contributed by atoms with Gasteiger partial charge in [0.05, 0.1) is 0 Å². The van der Waals surface area contributed by atoms with Gasteiger partial charge in [-0.25, -0.2) is 4.39 Å². The fourth-order valence-corrected chi connectivity index (χ4v) is 2.33. The zero-order valence-electron chi connectivity index (χ0n) is 10.7. The van der Waals surface area contributed by atoms with Crippen LogP contribution in [0.5, 0.6) is 5.75 Å². The first-order chi connectivity index (χ1) is 7.97. The SMILES string of the molecule is CCC1(C)C(N)CC1Oc1ccc(C)c(F)c1. The third-order valence-corrected chi connectivity index (χ3v) is 4.23. The Morgan fingerprint density at radius 3 is 2.76 bits per heavy atom. The maximum atomic E-state index is 13.4. The standard InChI is InChI=1S/C14H20FNO/c1-4-14(3)12(16)8-13(14)17-10-6-5-9(2)11(15)7-10/h5-7,12-13H,4,8,16H2,1-3H3. The van der Waals surface area contributed by atoms with Crippen LogP contribution in [0.3, 0.4) is 0 Å². The number of ether oxygens (including phenoxy) is 1. The number of nitrogens with two attached hydrogens (primary N) is 1. The van der Waals surface area contributed by atoms with E-state index in [2.05, 4.69) is 13.8 Å². The van der Waals surface area contributed by atoms with E-state index in [0.717, 1.165) is 12.8 Å². The topological polar surface area (TPSA) is 35.2 Å². The highest BCUT2D eigenvalue weighted by Gasteiger charge is 2.50. The quantitative estimate of drug-likeness (QED) is 0.877. The molecule has 2 rings (SSSR count). The minimum absolute atomic E-state index is 0.0152. The maximum absolute atomic E-state index is 13.4. The zero-order valence-corrected chi connectivity index (χ0v) is 10.7. The van der Waals surface area contributed by atoms with Crippen LogP contribution < -0.4 is 10.5 Å². The molecule has 2 nitrogen and oxygen atoms in total. The van der Waals surface area contributed by atoms with E-state index in [0.29, 0.717) is 11.3 Å². The van der Waals surface area contributed by atoms with Crippen LogP contribution in [0, 0.1) is 18.2 Å². The Kier molecular flexibility index (Phi) is 3.13. The lowest BCUT2D eigenvalue weighted by Crippen LogP contribution is -2.61. The highest BCUT2D eigenvalue weighted by atomic mass is 19.1. The van der Waals surface area contributed by atoms with Gasteiger partial charge in [0.15, 0.2) is 0 Å². The van der Waals surface area contributed by atoms with E-state index in [-0.39, 0.29) is 23.4 Å². The molecule has 0 amide bonds. The molecule has 1 saturated carbocycles. The van der Waals surface area contributed by atoms with Crippen molar-refractivity contribution in [2.24, 2.45) is 11.1 Å². The van der Waals surface area contributed by atoms with Crippen molar-refractivity contribution in [3.63, 3.8) is 0 Å². The summed E-state index contributed by atoms with van der Waals surface area (Å²) in [6.45, 7) is 6.00. The molecule has 0 spiro atoms. The normalized spacial score (nSPS) is 32.1. The molecule has 0 aromatic heterocycles. The molecule has 1 aromatic carbocycles. The van der Waals surface area contributed by atoms with Gasteiger partial charge in [-0.3, -0.25) is 0 Å². The lowest BCUT2D eigenvalue weighted by Gasteiger charge is -2.51. The van der Waals surface area contributed by atoms with Gasteiger partial charge in [-0.2, -0.15) is 0 Å². The van der Waals surface area contributed by atoms with Crippen LogP contribution in [0.2, 0.25) is 0 Å². The molecule has 0 aliphatic heterocycles. The summed E-state index contributed by atoms with van der Waals surface area (Å²) in [5.74, 6) is 0.383. The molecule has 17 heavy (non-hydrogen) atoms. The van der Waals surface area contributed by atoms with E-state index in [1.165, 1.54) is 6.07 Å². The molecular weight excluding hydrogens is 217 g/mol. The van der Waals surface area contributed by atoms with E-state index < -0.39 is 0 Å². The first kappa shape index (κ1) is 12.4. The predicted molar refractivity (Wildman–Crippen MR) is 66.5 cm³/mol. The molecule has 1 aliphatic rings. The number of rotatable bonds is 3. The molecular formula is C14H20FNO. The van der Waals surface area contributed by atoms with E-state index in [1.54, 1.807) is 13.0 Å². The lowest BCUT2D eigenvalue weighted by atomic mass is 9.62. The summed E-state index contributed by atoms with van der Waals surface area (Å²) >= 11 is 0. The van der Waals surface area contributed by atoms with Gasteiger partial charge in [0.2, 0.25) is 0 Å². The van der Waals surface area contributed by atoms with Crippen molar-refractivity contribution in [3.05, 3.63) is 29.6 Å². The van der Waals surface area contributed by atoms with Crippen LogP contribution in [0.4, 0.5) is 4.39 Å². The monoisotopic (exact) mass is 237 g/mol. The first-order valence-corrected chi connectivity index (χ1v) is 6.15. The Morgan fingerprint density at radius 2 is 2.24 bits per heavy atom. The summed E-state index contributed by atoms with van der Waals surface area (Å²) < 4.78 is 19.2. The van der Waals surface area contributed by atoms with Crippen molar-refractivity contribution in [1.29, 1.82) is 0 Å². The van der Waals surface area contributed by atoms with E-state index >= 15 is 0 Å². The van der Waals surface area contributed by atoms with E-state index in [9.17, 15) is 4.39 Å². The third-order valence-electron chi connectivity index (χ3n) is 4.23. The molecule has 3 heteroatoms. The van der Waals surface area contributed by atoms with Gasteiger partial charge in [0, 0.05) is 23.9 Å².